The Hall–Kier alpha value is -3.55. The molecular formula is C18H17N5O3. The Morgan fingerprint density at radius 2 is 2.04 bits per heavy atom. The first-order valence-electron chi connectivity index (χ1n) is 8.12. The molecule has 0 saturated heterocycles. The Labute approximate surface area is 147 Å². The highest BCUT2D eigenvalue weighted by molar-refractivity contribution is 5.95. The number of aromatic amines is 2. The molecule has 0 aliphatic carbocycles. The number of hydrogen-bond donors (Lipinski definition) is 3. The van der Waals surface area contributed by atoms with Crippen molar-refractivity contribution in [1.29, 1.82) is 0 Å². The van der Waals surface area contributed by atoms with E-state index in [1.807, 2.05) is 19.1 Å². The van der Waals surface area contributed by atoms with Crippen LogP contribution < -0.4 is 16.2 Å². The highest BCUT2D eigenvalue weighted by Gasteiger charge is 2.15. The minimum Gasteiger partial charge on any atom is -0.496 e. The molecule has 132 valence electrons. The molecule has 0 aliphatic rings. The lowest BCUT2D eigenvalue weighted by Gasteiger charge is -2.07. The molecule has 0 aliphatic heterocycles. The van der Waals surface area contributed by atoms with E-state index in [2.05, 4.69) is 15.0 Å². The maximum atomic E-state index is 12.0. The standard InChI is InChI=1S/C18H17N5O3/c1-3-23-14-8-12-11(7-13(14)22-18(23)25)20-17(21-12)10-5-4-9(16(19)24)6-15(10)26-2/h4-8H,3H2,1-2H3,(H2,19,24)(H,20,21)(H,22,25). The van der Waals surface area contributed by atoms with E-state index in [9.17, 15) is 9.59 Å². The van der Waals surface area contributed by atoms with Crippen LogP contribution in [-0.4, -0.2) is 32.5 Å². The molecule has 4 N–H and O–H groups in total. The Bertz CT molecular complexity index is 1210. The van der Waals surface area contributed by atoms with Crippen LogP contribution >= 0.6 is 0 Å². The molecule has 0 saturated carbocycles. The molecule has 0 fully saturated rings. The number of H-pyrrole nitrogens is 2. The molecule has 2 aromatic heterocycles. The van der Waals surface area contributed by atoms with Crippen LogP contribution in [-0.2, 0) is 6.54 Å². The van der Waals surface area contributed by atoms with Crippen molar-refractivity contribution in [3.63, 3.8) is 0 Å². The van der Waals surface area contributed by atoms with E-state index < -0.39 is 5.91 Å². The van der Waals surface area contributed by atoms with Crippen LogP contribution in [0.25, 0.3) is 33.5 Å². The van der Waals surface area contributed by atoms with Gasteiger partial charge in [0.25, 0.3) is 0 Å². The van der Waals surface area contributed by atoms with Crippen LogP contribution in [0.1, 0.15) is 17.3 Å². The zero-order chi connectivity index (χ0) is 18.4. The van der Waals surface area contributed by atoms with Gasteiger partial charge in [0.2, 0.25) is 5.91 Å². The van der Waals surface area contributed by atoms with Gasteiger partial charge in [-0.05, 0) is 37.3 Å². The molecule has 4 rings (SSSR count). The van der Waals surface area contributed by atoms with Crippen LogP contribution in [0.3, 0.4) is 0 Å². The van der Waals surface area contributed by atoms with Crippen molar-refractivity contribution in [1.82, 2.24) is 19.5 Å². The number of imidazole rings is 2. The zero-order valence-corrected chi connectivity index (χ0v) is 14.3. The minimum absolute atomic E-state index is 0.140. The fourth-order valence-corrected chi connectivity index (χ4v) is 3.14. The summed E-state index contributed by atoms with van der Waals surface area (Å²) in [5, 5.41) is 0. The summed E-state index contributed by atoms with van der Waals surface area (Å²) in [5.41, 5.74) is 9.33. The highest BCUT2D eigenvalue weighted by Crippen LogP contribution is 2.31. The number of ether oxygens (including phenoxy) is 1. The minimum atomic E-state index is -0.522. The lowest BCUT2D eigenvalue weighted by atomic mass is 10.1. The molecule has 0 bridgehead atoms. The summed E-state index contributed by atoms with van der Waals surface area (Å²) in [6.07, 6.45) is 0. The number of nitrogens with zero attached hydrogens (tertiary/aromatic N) is 2. The summed E-state index contributed by atoms with van der Waals surface area (Å²) in [7, 11) is 1.52. The number of aromatic nitrogens is 4. The topological polar surface area (TPSA) is 119 Å². The third-order valence-corrected chi connectivity index (χ3v) is 4.43. The van der Waals surface area contributed by atoms with E-state index in [-0.39, 0.29) is 5.69 Å². The van der Waals surface area contributed by atoms with Gasteiger partial charge >= 0.3 is 5.69 Å². The summed E-state index contributed by atoms with van der Waals surface area (Å²) < 4.78 is 7.04. The summed E-state index contributed by atoms with van der Waals surface area (Å²) in [6, 6.07) is 8.69. The maximum Gasteiger partial charge on any atom is 0.326 e. The largest absolute Gasteiger partial charge is 0.496 e. The molecular weight excluding hydrogens is 334 g/mol. The van der Waals surface area contributed by atoms with Gasteiger partial charge < -0.3 is 20.4 Å². The summed E-state index contributed by atoms with van der Waals surface area (Å²) in [6.45, 7) is 2.49. The Morgan fingerprint density at radius 3 is 2.73 bits per heavy atom. The van der Waals surface area contributed by atoms with Crippen LogP contribution in [0, 0.1) is 0 Å². The first-order valence-corrected chi connectivity index (χ1v) is 8.12. The number of benzene rings is 2. The van der Waals surface area contributed by atoms with Crippen LogP contribution in [0.15, 0.2) is 35.1 Å². The van der Waals surface area contributed by atoms with Gasteiger partial charge in [-0.25, -0.2) is 9.78 Å². The molecule has 1 amide bonds. The smallest absolute Gasteiger partial charge is 0.326 e. The van der Waals surface area contributed by atoms with E-state index >= 15 is 0 Å². The number of primary amides is 1. The van der Waals surface area contributed by atoms with Crippen molar-refractivity contribution in [2.24, 2.45) is 5.73 Å². The van der Waals surface area contributed by atoms with E-state index in [0.717, 1.165) is 22.1 Å². The van der Waals surface area contributed by atoms with E-state index in [1.54, 1.807) is 22.8 Å². The van der Waals surface area contributed by atoms with Gasteiger partial charge in [0.05, 0.1) is 34.7 Å². The maximum absolute atomic E-state index is 12.0. The quantitative estimate of drug-likeness (QED) is 0.521. The molecule has 8 heteroatoms. The van der Waals surface area contributed by atoms with Crippen molar-refractivity contribution in [2.75, 3.05) is 7.11 Å². The number of hydrogen-bond acceptors (Lipinski definition) is 4. The van der Waals surface area contributed by atoms with Crippen molar-refractivity contribution in [2.45, 2.75) is 13.5 Å². The molecule has 4 aromatic rings. The Morgan fingerprint density at radius 1 is 1.23 bits per heavy atom. The fraction of sp³-hybridized carbons (Fsp3) is 0.167. The average molecular weight is 351 g/mol. The van der Waals surface area contributed by atoms with Crippen LogP contribution in [0.2, 0.25) is 0 Å². The van der Waals surface area contributed by atoms with Gasteiger partial charge in [-0.15, -0.1) is 0 Å². The fourth-order valence-electron chi connectivity index (χ4n) is 3.14. The molecule has 2 aromatic carbocycles. The second-order valence-electron chi connectivity index (χ2n) is 5.93. The van der Waals surface area contributed by atoms with E-state index in [0.29, 0.717) is 29.2 Å². The second-order valence-corrected chi connectivity index (χ2v) is 5.93. The van der Waals surface area contributed by atoms with E-state index in [4.69, 9.17) is 10.5 Å². The summed E-state index contributed by atoms with van der Waals surface area (Å²) in [5.74, 6) is 0.577. The number of carbonyl (C=O) groups is 1. The predicted octanol–water partition coefficient (Wildman–Crippen LogP) is 2.00. The third kappa shape index (κ3) is 2.34. The third-order valence-electron chi connectivity index (χ3n) is 4.43. The van der Waals surface area contributed by atoms with Gasteiger partial charge in [0.1, 0.15) is 11.6 Å². The second kappa shape index (κ2) is 5.76. The molecule has 0 atom stereocenters. The van der Waals surface area contributed by atoms with Crippen molar-refractivity contribution >= 4 is 28.0 Å². The number of fused-ring (bicyclic) bond motifs is 2. The summed E-state index contributed by atoms with van der Waals surface area (Å²) in [4.78, 5) is 34.0. The zero-order valence-electron chi connectivity index (χ0n) is 14.3. The SMILES string of the molecule is CCn1c(=O)[nH]c2cc3[nH]c(-c4ccc(C(N)=O)cc4OC)nc3cc21. The van der Waals surface area contributed by atoms with Gasteiger partial charge in [-0.3, -0.25) is 9.36 Å². The monoisotopic (exact) mass is 351 g/mol. The number of carbonyl (C=O) groups excluding carboxylic acids is 1. The van der Waals surface area contributed by atoms with Gasteiger partial charge in [-0.1, -0.05) is 0 Å². The van der Waals surface area contributed by atoms with Gasteiger partial charge in [-0.2, -0.15) is 0 Å². The Balaban J connectivity index is 1.90. The lowest BCUT2D eigenvalue weighted by molar-refractivity contribution is 0.1000. The molecule has 8 nitrogen and oxygen atoms in total. The Kier molecular flexibility index (Phi) is 3.54. The first-order chi connectivity index (χ1) is 12.5. The number of amides is 1. The first kappa shape index (κ1) is 15.9. The number of nitrogens with one attached hydrogen (secondary N) is 2. The van der Waals surface area contributed by atoms with Crippen molar-refractivity contribution in [3.05, 3.63) is 46.4 Å². The number of methoxy groups -OCH3 is 1. The van der Waals surface area contributed by atoms with Gasteiger partial charge in [0.15, 0.2) is 0 Å². The average Bonchev–Trinajstić information content (AvgIpc) is 3.17. The number of nitrogens with two attached hydrogens (primary N) is 1. The molecule has 2 heterocycles. The predicted molar refractivity (Wildman–Crippen MR) is 98.4 cm³/mol. The van der Waals surface area contributed by atoms with Crippen molar-refractivity contribution in [3.8, 4) is 17.1 Å². The number of rotatable bonds is 4. The van der Waals surface area contributed by atoms with Crippen molar-refractivity contribution < 1.29 is 9.53 Å². The lowest BCUT2D eigenvalue weighted by Crippen LogP contribution is -2.14. The number of aryl methyl sites for hydroxylation is 1. The van der Waals surface area contributed by atoms with Crippen LogP contribution in [0.5, 0.6) is 5.75 Å². The highest BCUT2D eigenvalue weighted by atomic mass is 16.5. The molecule has 0 spiro atoms. The summed E-state index contributed by atoms with van der Waals surface area (Å²) >= 11 is 0. The molecule has 0 unspecified atom stereocenters. The molecule has 26 heavy (non-hydrogen) atoms. The normalized spacial score (nSPS) is 11.3. The molecule has 0 radical (unpaired) electrons. The van der Waals surface area contributed by atoms with Gasteiger partial charge in [0, 0.05) is 12.1 Å². The van der Waals surface area contributed by atoms with E-state index in [1.165, 1.54) is 7.11 Å². The van der Waals surface area contributed by atoms with Crippen LogP contribution in [0.4, 0.5) is 0 Å².